The molecule has 1 aliphatic rings. The SMILES string of the molecule is CC(OC(=O)c1c2c(nc3ccccc13)CCN(C(C)C)C2)C(=O)Nc1cccc(C(=O)O)c1. The zero-order valence-corrected chi connectivity index (χ0v) is 19.4. The maximum atomic E-state index is 13.4. The molecule has 4 rings (SSSR count). The van der Waals surface area contributed by atoms with Crippen LogP contribution in [-0.2, 0) is 22.5 Å². The summed E-state index contributed by atoms with van der Waals surface area (Å²) in [6.07, 6.45) is -0.359. The fraction of sp³-hybridized carbons (Fsp3) is 0.308. The molecule has 0 spiro atoms. The number of carbonyl (C=O) groups is 3. The number of anilines is 1. The van der Waals surface area contributed by atoms with Crippen molar-refractivity contribution < 1.29 is 24.2 Å². The number of pyridine rings is 1. The zero-order valence-electron chi connectivity index (χ0n) is 19.4. The summed E-state index contributed by atoms with van der Waals surface area (Å²) >= 11 is 0. The fourth-order valence-electron chi connectivity index (χ4n) is 4.13. The maximum Gasteiger partial charge on any atom is 0.339 e. The molecule has 0 saturated heterocycles. The molecule has 1 aromatic heterocycles. The summed E-state index contributed by atoms with van der Waals surface area (Å²) in [6.45, 7) is 7.16. The summed E-state index contributed by atoms with van der Waals surface area (Å²) in [5.41, 5.74) is 3.24. The number of carboxylic acid groups (broad SMARTS) is 1. The highest BCUT2D eigenvalue weighted by Gasteiger charge is 2.29. The number of hydrogen-bond acceptors (Lipinski definition) is 6. The number of aromatic nitrogens is 1. The molecular weight excluding hydrogens is 434 g/mol. The van der Waals surface area contributed by atoms with Gasteiger partial charge in [0.1, 0.15) is 0 Å². The minimum atomic E-state index is -1.10. The quantitative estimate of drug-likeness (QED) is 0.536. The molecule has 2 N–H and O–H groups in total. The van der Waals surface area contributed by atoms with Gasteiger partial charge in [-0.05, 0) is 45.0 Å². The number of carboxylic acids is 1. The summed E-state index contributed by atoms with van der Waals surface area (Å²) in [7, 11) is 0. The lowest BCUT2D eigenvalue weighted by Gasteiger charge is -2.32. The van der Waals surface area contributed by atoms with Crippen LogP contribution in [0.3, 0.4) is 0 Å². The minimum Gasteiger partial charge on any atom is -0.478 e. The Morgan fingerprint density at radius 3 is 2.59 bits per heavy atom. The number of hydrogen-bond donors (Lipinski definition) is 2. The predicted molar refractivity (Wildman–Crippen MR) is 128 cm³/mol. The van der Waals surface area contributed by atoms with E-state index in [2.05, 4.69) is 24.1 Å². The second-order valence-corrected chi connectivity index (χ2v) is 8.67. The van der Waals surface area contributed by atoms with E-state index in [-0.39, 0.29) is 5.56 Å². The molecule has 176 valence electrons. The Morgan fingerprint density at radius 2 is 1.85 bits per heavy atom. The fourth-order valence-corrected chi connectivity index (χ4v) is 4.13. The lowest BCUT2D eigenvalue weighted by molar-refractivity contribution is -0.123. The number of aromatic carboxylic acids is 1. The molecule has 1 atom stereocenters. The van der Waals surface area contributed by atoms with E-state index in [1.54, 1.807) is 6.07 Å². The molecule has 8 nitrogen and oxygen atoms in total. The molecule has 2 aromatic carbocycles. The Balaban J connectivity index is 1.60. The average molecular weight is 462 g/mol. The monoisotopic (exact) mass is 461 g/mol. The normalized spacial score (nSPS) is 14.5. The second kappa shape index (κ2) is 9.61. The molecule has 0 saturated carbocycles. The van der Waals surface area contributed by atoms with Crippen molar-refractivity contribution in [3.63, 3.8) is 0 Å². The first-order valence-electron chi connectivity index (χ1n) is 11.2. The third-order valence-electron chi connectivity index (χ3n) is 6.04. The summed E-state index contributed by atoms with van der Waals surface area (Å²) in [5.74, 6) is -2.23. The van der Waals surface area contributed by atoms with E-state index in [0.717, 1.165) is 24.2 Å². The highest BCUT2D eigenvalue weighted by Crippen LogP contribution is 2.30. The van der Waals surface area contributed by atoms with Gasteiger partial charge >= 0.3 is 11.9 Å². The van der Waals surface area contributed by atoms with Crippen LogP contribution in [0, 0.1) is 0 Å². The highest BCUT2D eigenvalue weighted by molar-refractivity contribution is 6.06. The third-order valence-corrected chi connectivity index (χ3v) is 6.04. The smallest absolute Gasteiger partial charge is 0.339 e. The number of rotatable bonds is 6. The van der Waals surface area contributed by atoms with E-state index >= 15 is 0 Å². The first-order chi connectivity index (χ1) is 16.2. The Kier molecular flexibility index (Phi) is 6.61. The highest BCUT2D eigenvalue weighted by atomic mass is 16.5. The van der Waals surface area contributed by atoms with Crippen molar-refractivity contribution in [1.82, 2.24) is 9.88 Å². The van der Waals surface area contributed by atoms with Gasteiger partial charge in [0, 0.05) is 47.9 Å². The van der Waals surface area contributed by atoms with Crippen LogP contribution < -0.4 is 5.32 Å². The summed E-state index contributed by atoms with van der Waals surface area (Å²) in [5, 5.41) is 12.5. The number of para-hydroxylation sites is 1. The molecule has 1 unspecified atom stereocenters. The van der Waals surface area contributed by atoms with Gasteiger partial charge in [0.2, 0.25) is 0 Å². The predicted octanol–water partition coefficient (Wildman–Crippen LogP) is 3.88. The molecule has 0 bridgehead atoms. The van der Waals surface area contributed by atoms with Gasteiger partial charge in [-0.15, -0.1) is 0 Å². The van der Waals surface area contributed by atoms with Gasteiger partial charge < -0.3 is 15.2 Å². The van der Waals surface area contributed by atoms with Gasteiger partial charge in [0.25, 0.3) is 5.91 Å². The third kappa shape index (κ3) is 4.77. The van der Waals surface area contributed by atoms with Crippen LogP contribution in [0.4, 0.5) is 5.69 Å². The van der Waals surface area contributed by atoms with Crippen LogP contribution in [-0.4, -0.2) is 51.5 Å². The number of carbonyl (C=O) groups excluding carboxylic acids is 2. The molecule has 8 heteroatoms. The van der Waals surface area contributed by atoms with Gasteiger partial charge in [0.05, 0.1) is 16.6 Å². The van der Waals surface area contributed by atoms with Crippen molar-refractivity contribution >= 4 is 34.4 Å². The summed E-state index contributed by atoms with van der Waals surface area (Å²) in [4.78, 5) is 44.3. The molecule has 3 aromatic rings. The van der Waals surface area contributed by atoms with E-state index in [9.17, 15) is 14.4 Å². The van der Waals surface area contributed by atoms with Crippen LogP contribution >= 0.6 is 0 Å². The van der Waals surface area contributed by atoms with Gasteiger partial charge in [-0.1, -0.05) is 24.3 Å². The van der Waals surface area contributed by atoms with Crippen molar-refractivity contribution in [2.75, 3.05) is 11.9 Å². The number of esters is 1. The number of benzene rings is 2. The molecule has 0 fully saturated rings. The topological polar surface area (TPSA) is 109 Å². The summed E-state index contributed by atoms with van der Waals surface area (Å²) in [6, 6.07) is 13.6. The Labute approximate surface area is 197 Å². The lowest BCUT2D eigenvalue weighted by Crippen LogP contribution is -2.37. The molecule has 2 heterocycles. The van der Waals surface area contributed by atoms with E-state index in [1.165, 1.54) is 25.1 Å². The molecule has 1 aliphatic heterocycles. The van der Waals surface area contributed by atoms with Crippen LogP contribution in [0.5, 0.6) is 0 Å². The molecule has 0 aliphatic carbocycles. The van der Waals surface area contributed by atoms with Gasteiger partial charge in [-0.25, -0.2) is 9.59 Å². The van der Waals surface area contributed by atoms with Crippen molar-refractivity contribution in [3.05, 3.63) is 70.9 Å². The number of fused-ring (bicyclic) bond motifs is 2. The van der Waals surface area contributed by atoms with Crippen LogP contribution in [0.15, 0.2) is 48.5 Å². The average Bonchev–Trinajstić information content (AvgIpc) is 2.82. The summed E-state index contributed by atoms with van der Waals surface area (Å²) < 4.78 is 5.60. The van der Waals surface area contributed by atoms with E-state index in [1.807, 2.05) is 24.3 Å². The maximum absolute atomic E-state index is 13.4. The van der Waals surface area contributed by atoms with Crippen molar-refractivity contribution in [2.45, 2.75) is 45.9 Å². The van der Waals surface area contributed by atoms with E-state index in [4.69, 9.17) is 14.8 Å². The zero-order chi connectivity index (χ0) is 24.4. The van der Waals surface area contributed by atoms with E-state index in [0.29, 0.717) is 34.7 Å². The standard InChI is InChI=1S/C26H27N3O5/c1-15(2)29-12-11-22-20(14-29)23(19-9-4-5-10-21(19)28-22)26(33)34-16(3)24(30)27-18-8-6-7-17(13-18)25(31)32/h4-10,13,15-16H,11-12,14H2,1-3H3,(H,27,30)(H,31,32). The van der Waals surface area contributed by atoms with E-state index < -0.39 is 23.9 Å². The number of ether oxygens (including phenoxy) is 1. The number of nitrogens with zero attached hydrogens (tertiary/aromatic N) is 2. The minimum absolute atomic E-state index is 0.0482. The second-order valence-electron chi connectivity index (χ2n) is 8.67. The molecule has 1 amide bonds. The first-order valence-corrected chi connectivity index (χ1v) is 11.2. The van der Waals surface area contributed by atoms with Crippen LogP contribution in [0.2, 0.25) is 0 Å². The Hall–Kier alpha value is -3.78. The lowest BCUT2D eigenvalue weighted by atomic mass is 9.95. The number of nitrogens with one attached hydrogen (secondary N) is 1. The molecule has 34 heavy (non-hydrogen) atoms. The van der Waals surface area contributed by atoms with Crippen molar-refractivity contribution in [2.24, 2.45) is 0 Å². The Bertz CT molecular complexity index is 1270. The number of amides is 1. The largest absolute Gasteiger partial charge is 0.478 e. The molecular formula is C26H27N3O5. The van der Waals surface area contributed by atoms with Crippen LogP contribution in [0.1, 0.15) is 52.7 Å². The van der Waals surface area contributed by atoms with Gasteiger partial charge in [-0.3, -0.25) is 14.7 Å². The van der Waals surface area contributed by atoms with Crippen LogP contribution in [0.25, 0.3) is 10.9 Å². The molecule has 0 radical (unpaired) electrons. The Morgan fingerprint density at radius 1 is 1.09 bits per heavy atom. The van der Waals surface area contributed by atoms with Gasteiger partial charge in [0.15, 0.2) is 6.10 Å². The van der Waals surface area contributed by atoms with Gasteiger partial charge in [-0.2, -0.15) is 0 Å². The van der Waals surface area contributed by atoms with Crippen molar-refractivity contribution in [3.8, 4) is 0 Å². The van der Waals surface area contributed by atoms with Crippen molar-refractivity contribution in [1.29, 1.82) is 0 Å². The first kappa shape index (κ1) is 23.4.